The highest BCUT2D eigenvalue weighted by Gasteiger charge is 2.31. The number of carbonyl (C=O) groups excluding carboxylic acids is 1. The van der Waals surface area contributed by atoms with Gasteiger partial charge in [0.1, 0.15) is 5.69 Å². The van der Waals surface area contributed by atoms with Gasteiger partial charge in [0, 0.05) is 17.2 Å². The molecule has 1 heterocycles. The minimum Gasteiger partial charge on any atom is -0.481 e. The topological polar surface area (TPSA) is 95.1 Å². The Morgan fingerprint density at radius 1 is 1.27 bits per heavy atom. The molecular formula is C16H25N3O3. The number of aliphatic carboxylic acids is 1. The van der Waals surface area contributed by atoms with E-state index in [1.54, 1.807) is 6.07 Å². The second kappa shape index (κ2) is 6.50. The predicted octanol–water partition coefficient (Wildman–Crippen LogP) is 2.47. The lowest BCUT2D eigenvalue weighted by molar-refractivity contribution is -0.142. The molecule has 1 aromatic heterocycles. The SMILES string of the molecule is CC(C)(C)c1cc(C(=O)N[C@H]2CCCCC[C@H]2C(=O)O)n[nH]1. The number of hydrogen-bond donors (Lipinski definition) is 3. The van der Waals surface area contributed by atoms with E-state index in [1.165, 1.54) is 0 Å². The van der Waals surface area contributed by atoms with Gasteiger partial charge in [-0.15, -0.1) is 0 Å². The van der Waals surface area contributed by atoms with Gasteiger partial charge in [0.2, 0.25) is 0 Å². The van der Waals surface area contributed by atoms with Gasteiger partial charge < -0.3 is 10.4 Å². The van der Waals surface area contributed by atoms with Crippen LogP contribution in [0, 0.1) is 5.92 Å². The van der Waals surface area contributed by atoms with Crippen molar-refractivity contribution < 1.29 is 14.7 Å². The summed E-state index contributed by atoms with van der Waals surface area (Å²) in [5.74, 6) is -1.64. The molecule has 2 atom stereocenters. The van der Waals surface area contributed by atoms with E-state index in [-0.39, 0.29) is 17.4 Å². The van der Waals surface area contributed by atoms with Gasteiger partial charge in [-0.25, -0.2) is 0 Å². The summed E-state index contributed by atoms with van der Waals surface area (Å²) >= 11 is 0. The van der Waals surface area contributed by atoms with Crippen molar-refractivity contribution in [2.75, 3.05) is 0 Å². The molecule has 1 aliphatic carbocycles. The van der Waals surface area contributed by atoms with Crippen LogP contribution >= 0.6 is 0 Å². The average molecular weight is 307 g/mol. The van der Waals surface area contributed by atoms with Gasteiger partial charge in [-0.2, -0.15) is 5.10 Å². The summed E-state index contributed by atoms with van der Waals surface area (Å²) in [6, 6.07) is 1.42. The van der Waals surface area contributed by atoms with Crippen LogP contribution in [0.15, 0.2) is 6.07 Å². The number of aromatic amines is 1. The van der Waals surface area contributed by atoms with Crippen LogP contribution < -0.4 is 5.32 Å². The highest BCUT2D eigenvalue weighted by Crippen LogP contribution is 2.24. The Bertz CT molecular complexity index is 545. The van der Waals surface area contributed by atoms with Crippen LogP contribution in [0.4, 0.5) is 0 Å². The first-order valence-electron chi connectivity index (χ1n) is 7.88. The van der Waals surface area contributed by atoms with Crippen LogP contribution in [-0.2, 0) is 10.2 Å². The van der Waals surface area contributed by atoms with Crippen LogP contribution in [0.25, 0.3) is 0 Å². The van der Waals surface area contributed by atoms with Crippen LogP contribution in [-0.4, -0.2) is 33.2 Å². The third kappa shape index (κ3) is 3.87. The van der Waals surface area contributed by atoms with Crippen molar-refractivity contribution in [1.82, 2.24) is 15.5 Å². The summed E-state index contributed by atoms with van der Waals surface area (Å²) in [6.45, 7) is 6.11. The molecule has 0 aliphatic heterocycles. The molecule has 2 rings (SSSR count). The standard InChI is InChI=1S/C16H25N3O3/c1-16(2,3)13-9-12(18-19-13)14(20)17-11-8-6-4-5-7-10(11)15(21)22/h9-11H,4-8H2,1-3H3,(H,17,20)(H,18,19)(H,21,22)/t10-,11+/m1/s1. The molecule has 122 valence electrons. The minimum atomic E-state index is -0.829. The van der Waals surface area contributed by atoms with Crippen molar-refractivity contribution in [1.29, 1.82) is 0 Å². The number of H-pyrrole nitrogens is 1. The fourth-order valence-corrected chi connectivity index (χ4v) is 2.84. The van der Waals surface area contributed by atoms with E-state index in [9.17, 15) is 14.7 Å². The van der Waals surface area contributed by atoms with E-state index >= 15 is 0 Å². The smallest absolute Gasteiger partial charge is 0.308 e. The van der Waals surface area contributed by atoms with Crippen LogP contribution in [0.1, 0.15) is 69.1 Å². The molecule has 0 spiro atoms. The molecule has 6 heteroatoms. The molecule has 6 nitrogen and oxygen atoms in total. The minimum absolute atomic E-state index is 0.114. The number of carboxylic acid groups (broad SMARTS) is 1. The number of carboxylic acids is 1. The first-order chi connectivity index (χ1) is 10.3. The largest absolute Gasteiger partial charge is 0.481 e. The van der Waals surface area contributed by atoms with Gasteiger partial charge in [0.15, 0.2) is 0 Å². The predicted molar refractivity (Wildman–Crippen MR) is 82.8 cm³/mol. The maximum atomic E-state index is 12.3. The maximum absolute atomic E-state index is 12.3. The fourth-order valence-electron chi connectivity index (χ4n) is 2.84. The maximum Gasteiger partial charge on any atom is 0.308 e. The van der Waals surface area contributed by atoms with E-state index in [0.717, 1.165) is 25.0 Å². The van der Waals surface area contributed by atoms with Crippen LogP contribution in [0.3, 0.4) is 0 Å². The zero-order valence-electron chi connectivity index (χ0n) is 13.5. The molecule has 1 fully saturated rings. The number of hydrogen-bond acceptors (Lipinski definition) is 3. The molecule has 0 aromatic carbocycles. The Hall–Kier alpha value is -1.85. The van der Waals surface area contributed by atoms with E-state index in [1.807, 2.05) is 20.8 Å². The third-order valence-electron chi connectivity index (χ3n) is 4.27. The molecule has 0 unspecified atom stereocenters. The Labute approximate surface area is 130 Å². The Morgan fingerprint density at radius 2 is 1.95 bits per heavy atom. The number of amides is 1. The molecule has 1 aliphatic rings. The van der Waals surface area contributed by atoms with Gasteiger partial charge in [-0.3, -0.25) is 14.7 Å². The second-order valence-corrected chi connectivity index (χ2v) is 7.08. The normalized spacial score (nSPS) is 22.9. The molecule has 1 amide bonds. The number of aromatic nitrogens is 2. The molecule has 0 saturated heterocycles. The monoisotopic (exact) mass is 307 g/mol. The summed E-state index contributed by atoms with van der Waals surface area (Å²) in [4.78, 5) is 23.7. The lowest BCUT2D eigenvalue weighted by atomic mass is 9.92. The van der Waals surface area contributed by atoms with E-state index in [2.05, 4.69) is 15.5 Å². The zero-order chi connectivity index (χ0) is 16.3. The summed E-state index contributed by atoms with van der Waals surface area (Å²) < 4.78 is 0. The van der Waals surface area contributed by atoms with Gasteiger partial charge in [-0.05, 0) is 18.9 Å². The fraction of sp³-hybridized carbons (Fsp3) is 0.688. The Kier molecular flexibility index (Phi) is 4.88. The lowest BCUT2D eigenvalue weighted by Crippen LogP contribution is -2.43. The second-order valence-electron chi connectivity index (χ2n) is 7.08. The number of nitrogens with zero attached hydrogens (tertiary/aromatic N) is 1. The highest BCUT2D eigenvalue weighted by atomic mass is 16.4. The van der Waals surface area contributed by atoms with Crippen LogP contribution in [0.2, 0.25) is 0 Å². The summed E-state index contributed by atoms with van der Waals surface area (Å²) in [5, 5.41) is 19.2. The summed E-state index contributed by atoms with van der Waals surface area (Å²) in [5.41, 5.74) is 1.09. The van der Waals surface area contributed by atoms with Crippen molar-refractivity contribution in [3.8, 4) is 0 Å². The molecule has 1 aromatic rings. The Balaban J connectivity index is 2.09. The quantitative estimate of drug-likeness (QED) is 0.748. The third-order valence-corrected chi connectivity index (χ3v) is 4.27. The Morgan fingerprint density at radius 3 is 2.55 bits per heavy atom. The van der Waals surface area contributed by atoms with Crippen LogP contribution in [0.5, 0.6) is 0 Å². The van der Waals surface area contributed by atoms with Crippen molar-refractivity contribution >= 4 is 11.9 Å². The van der Waals surface area contributed by atoms with E-state index in [4.69, 9.17) is 0 Å². The first kappa shape index (κ1) is 16.5. The molecule has 3 N–H and O–H groups in total. The number of carbonyl (C=O) groups is 2. The number of nitrogens with one attached hydrogen (secondary N) is 2. The van der Waals surface area contributed by atoms with Gasteiger partial charge in [-0.1, -0.05) is 40.0 Å². The van der Waals surface area contributed by atoms with Crippen molar-refractivity contribution in [3.05, 3.63) is 17.5 Å². The molecule has 0 bridgehead atoms. The van der Waals surface area contributed by atoms with Crippen molar-refractivity contribution in [2.45, 2.75) is 64.3 Å². The van der Waals surface area contributed by atoms with Gasteiger partial charge >= 0.3 is 5.97 Å². The average Bonchev–Trinajstić information content (AvgIpc) is 2.81. The lowest BCUT2D eigenvalue weighted by Gasteiger charge is -2.22. The van der Waals surface area contributed by atoms with Crippen molar-refractivity contribution in [2.24, 2.45) is 5.92 Å². The van der Waals surface area contributed by atoms with Gasteiger partial charge in [0.05, 0.1) is 5.92 Å². The first-order valence-corrected chi connectivity index (χ1v) is 7.88. The molecule has 1 saturated carbocycles. The summed E-state index contributed by atoms with van der Waals surface area (Å²) in [6.07, 6.45) is 4.20. The number of rotatable bonds is 3. The molecular weight excluding hydrogens is 282 g/mol. The zero-order valence-corrected chi connectivity index (χ0v) is 13.5. The molecule has 22 heavy (non-hydrogen) atoms. The molecule has 0 radical (unpaired) electrons. The van der Waals surface area contributed by atoms with E-state index < -0.39 is 11.9 Å². The summed E-state index contributed by atoms with van der Waals surface area (Å²) in [7, 11) is 0. The highest BCUT2D eigenvalue weighted by molar-refractivity contribution is 5.93. The van der Waals surface area contributed by atoms with Gasteiger partial charge in [0.25, 0.3) is 5.91 Å². The van der Waals surface area contributed by atoms with E-state index in [0.29, 0.717) is 18.5 Å². The van der Waals surface area contributed by atoms with Crippen molar-refractivity contribution in [3.63, 3.8) is 0 Å².